The number of thiocarbonyl (C=S) groups is 1. The average Bonchev–Trinajstić information content (AvgIpc) is 2.09. The minimum Gasteiger partial charge on any atom is -0.494 e. The van der Waals surface area contributed by atoms with Crippen molar-refractivity contribution in [3.05, 3.63) is 28.0 Å². The van der Waals surface area contributed by atoms with E-state index in [1.807, 2.05) is 0 Å². The summed E-state index contributed by atoms with van der Waals surface area (Å²) in [5, 5.41) is 0. The zero-order chi connectivity index (χ0) is 10.0. The Hall–Kier alpha value is -0.680. The van der Waals surface area contributed by atoms with Crippen LogP contribution in [0.5, 0.6) is 5.75 Å². The van der Waals surface area contributed by atoms with Crippen molar-refractivity contribution < 1.29 is 9.13 Å². The van der Waals surface area contributed by atoms with Gasteiger partial charge in [0, 0.05) is 5.56 Å². The van der Waals surface area contributed by atoms with Crippen LogP contribution in [0, 0.1) is 5.82 Å². The van der Waals surface area contributed by atoms with Crippen molar-refractivity contribution in [2.75, 3.05) is 7.11 Å². The van der Waals surface area contributed by atoms with E-state index < -0.39 is 5.82 Å². The van der Waals surface area contributed by atoms with Gasteiger partial charge in [0.2, 0.25) is 0 Å². The fraction of sp³-hybridized carbons (Fsp3) is 0.125. The van der Waals surface area contributed by atoms with E-state index in [9.17, 15) is 4.39 Å². The lowest BCUT2D eigenvalue weighted by atomic mass is 10.2. The summed E-state index contributed by atoms with van der Waals surface area (Å²) in [5.74, 6) is -0.334. The molecule has 0 fully saturated rings. The molecule has 1 aromatic carbocycles. The van der Waals surface area contributed by atoms with Crippen LogP contribution in [0.25, 0.3) is 0 Å². The van der Waals surface area contributed by atoms with Crippen molar-refractivity contribution in [2.24, 2.45) is 5.73 Å². The third-order valence-electron chi connectivity index (χ3n) is 1.53. The van der Waals surface area contributed by atoms with Gasteiger partial charge < -0.3 is 10.5 Å². The lowest BCUT2D eigenvalue weighted by molar-refractivity contribution is 0.385. The maximum atomic E-state index is 13.3. The topological polar surface area (TPSA) is 35.2 Å². The molecule has 13 heavy (non-hydrogen) atoms. The summed E-state index contributed by atoms with van der Waals surface area (Å²) >= 11 is 7.78. The van der Waals surface area contributed by atoms with E-state index in [4.69, 9.17) is 22.7 Å². The highest BCUT2D eigenvalue weighted by atomic mass is 79.9. The molecule has 0 aliphatic heterocycles. The predicted octanol–water partition coefficient (Wildman–Crippen LogP) is 2.23. The molecule has 0 spiro atoms. The Morgan fingerprint density at radius 2 is 2.23 bits per heavy atom. The van der Waals surface area contributed by atoms with Gasteiger partial charge >= 0.3 is 0 Å². The molecule has 0 atom stereocenters. The first-order valence-electron chi connectivity index (χ1n) is 3.39. The summed E-state index contributed by atoms with van der Waals surface area (Å²) < 4.78 is 18.3. The third kappa shape index (κ3) is 1.97. The van der Waals surface area contributed by atoms with Crippen molar-refractivity contribution in [3.8, 4) is 5.75 Å². The maximum absolute atomic E-state index is 13.3. The highest BCUT2D eigenvalue weighted by Gasteiger charge is 2.12. The van der Waals surface area contributed by atoms with Gasteiger partial charge in [-0.05, 0) is 28.1 Å². The number of hydrogen-bond donors (Lipinski definition) is 1. The van der Waals surface area contributed by atoms with E-state index in [1.54, 1.807) is 6.07 Å². The second-order valence-corrected chi connectivity index (χ2v) is 3.54. The second kappa shape index (κ2) is 4.02. The van der Waals surface area contributed by atoms with Crippen molar-refractivity contribution >= 4 is 33.1 Å². The summed E-state index contributed by atoms with van der Waals surface area (Å²) in [5.41, 5.74) is 5.83. The van der Waals surface area contributed by atoms with Crippen molar-refractivity contribution in [3.63, 3.8) is 0 Å². The molecule has 0 aromatic heterocycles. The van der Waals surface area contributed by atoms with Crippen molar-refractivity contribution in [1.82, 2.24) is 0 Å². The quantitative estimate of drug-likeness (QED) is 0.832. The van der Waals surface area contributed by atoms with E-state index in [0.717, 1.165) is 0 Å². The summed E-state index contributed by atoms with van der Waals surface area (Å²) in [6.07, 6.45) is 0. The Balaban J connectivity index is 3.31. The van der Waals surface area contributed by atoms with Crippen LogP contribution in [-0.2, 0) is 0 Å². The Morgan fingerprint density at radius 3 is 2.69 bits per heavy atom. The number of ether oxygens (including phenoxy) is 1. The SMILES string of the molecule is COc1ccc(C(N)=S)c(Br)c1F. The van der Waals surface area contributed by atoms with E-state index in [-0.39, 0.29) is 15.2 Å². The Bertz CT molecular complexity index is 356. The zero-order valence-corrected chi connectivity index (χ0v) is 9.21. The molecule has 2 nitrogen and oxygen atoms in total. The lowest BCUT2D eigenvalue weighted by Gasteiger charge is -2.06. The molecule has 0 saturated carbocycles. The minimum atomic E-state index is -0.493. The van der Waals surface area contributed by atoms with Gasteiger partial charge in [0.25, 0.3) is 0 Å². The average molecular weight is 264 g/mol. The fourth-order valence-electron chi connectivity index (χ4n) is 0.880. The third-order valence-corrected chi connectivity index (χ3v) is 2.53. The van der Waals surface area contributed by atoms with Gasteiger partial charge in [0.1, 0.15) is 4.99 Å². The van der Waals surface area contributed by atoms with Crippen molar-refractivity contribution in [2.45, 2.75) is 0 Å². The molecular weight excluding hydrogens is 257 g/mol. The molecule has 1 aromatic rings. The zero-order valence-electron chi connectivity index (χ0n) is 6.80. The Labute approximate surface area is 89.0 Å². The summed E-state index contributed by atoms with van der Waals surface area (Å²) in [4.78, 5) is 0.147. The molecule has 0 heterocycles. The standard InChI is InChI=1S/C8H7BrFNOS/c1-12-5-3-2-4(8(11)13)6(9)7(5)10/h2-3H,1H3,(H2,11,13). The van der Waals surface area contributed by atoms with Gasteiger partial charge in [-0.15, -0.1) is 0 Å². The van der Waals surface area contributed by atoms with Gasteiger partial charge in [-0.3, -0.25) is 0 Å². The monoisotopic (exact) mass is 263 g/mol. The number of halogens is 2. The van der Waals surface area contributed by atoms with E-state index in [0.29, 0.717) is 5.56 Å². The molecular formula is C8H7BrFNOS. The highest BCUT2D eigenvalue weighted by Crippen LogP contribution is 2.28. The Morgan fingerprint density at radius 1 is 1.62 bits per heavy atom. The molecule has 70 valence electrons. The largest absolute Gasteiger partial charge is 0.494 e. The molecule has 0 bridgehead atoms. The molecule has 2 N–H and O–H groups in total. The second-order valence-electron chi connectivity index (χ2n) is 2.31. The Kier molecular flexibility index (Phi) is 3.22. The molecule has 0 aliphatic carbocycles. The van der Waals surface area contributed by atoms with E-state index in [1.165, 1.54) is 13.2 Å². The molecule has 0 aliphatic rings. The van der Waals surface area contributed by atoms with Gasteiger partial charge in [-0.25, -0.2) is 4.39 Å². The molecule has 1 rings (SSSR count). The van der Waals surface area contributed by atoms with Crippen LogP contribution in [0.1, 0.15) is 5.56 Å². The van der Waals surface area contributed by atoms with Crippen LogP contribution in [0.3, 0.4) is 0 Å². The van der Waals surface area contributed by atoms with E-state index >= 15 is 0 Å². The lowest BCUT2D eigenvalue weighted by Crippen LogP contribution is -2.11. The number of methoxy groups -OCH3 is 1. The number of hydrogen-bond acceptors (Lipinski definition) is 2. The fourth-order valence-corrected chi connectivity index (χ4v) is 1.72. The van der Waals surface area contributed by atoms with Crippen LogP contribution in [0.4, 0.5) is 4.39 Å². The minimum absolute atomic E-state index is 0.147. The smallest absolute Gasteiger partial charge is 0.179 e. The summed E-state index contributed by atoms with van der Waals surface area (Å²) in [6.45, 7) is 0. The number of nitrogens with two attached hydrogens (primary N) is 1. The number of benzene rings is 1. The molecule has 0 unspecified atom stereocenters. The first-order valence-corrected chi connectivity index (χ1v) is 4.60. The van der Waals surface area contributed by atoms with Crippen LogP contribution in [0.2, 0.25) is 0 Å². The van der Waals surface area contributed by atoms with E-state index in [2.05, 4.69) is 15.9 Å². The maximum Gasteiger partial charge on any atom is 0.179 e. The predicted molar refractivity (Wildman–Crippen MR) is 56.5 cm³/mol. The highest BCUT2D eigenvalue weighted by molar-refractivity contribution is 9.10. The van der Waals surface area contributed by atoms with Crippen LogP contribution in [0.15, 0.2) is 16.6 Å². The van der Waals surface area contributed by atoms with Crippen LogP contribution >= 0.6 is 28.1 Å². The normalized spacial score (nSPS) is 9.77. The first kappa shape index (κ1) is 10.4. The molecule has 0 amide bonds. The van der Waals surface area contributed by atoms with Crippen LogP contribution < -0.4 is 10.5 Å². The van der Waals surface area contributed by atoms with Crippen LogP contribution in [-0.4, -0.2) is 12.1 Å². The first-order chi connectivity index (χ1) is 6.07. The summed E-state index contributed by atoms with van der Waals surface area (Å²) in [7, 11) is 1.39. The van der Waals surface area contributed by atoms with Gasteiger partial charge in [0.05, 0.1) is 11.6 Å². The van der Waals surface area contributed by atoms with Gasteiger partial charge in [-0.1, -0.05) is 12.2 Å². The van der Waals surface area contributed by atoms with Gasteiger partial charge in [-0.2, -0.15) is 0 Å². The molecule has 0 saturated heterocycles. The van der Waals surface area contributed by atoms with Gasteiger partial charge in [0.15, 0.2) is 11.6 Å². The summed E-state index contributed by atoms with van der Waals surface area (Å²) in [6, 6.07) is 3.09. The molecule has 5 heteroatoms. The molecule has 0 radical (unpaired) electrons. The van der Waals surface area contributed by atoms with Crippen molar-refractivity contribution in [1.29, 1.82) is 0 Å². The number of rotatable bonds is 2.